The molecule has 1 aliphatic carbocycles. The molecule has 2 amide bonds. The smallest absolute Gasteiger partial charge is 0.253 e. The predicted octanol–water partition coefficient (Wildman–Crippen LogP) is 2.59. The summed E-state index contributed by atoms with van der Waals surface area (Å²) in [6, 6.07) is 13.6. The van der Waals surface area contributed by atoms with Crippen LogP contribution in [0.3, 0.4) is 0 Å². The van der Waals surface area contributed by atoms with Crippen molar-refractivity contribution in [3.05, 3.63) is 64.7 Å². The van der Waals surface area contributed by atoms with E-state index in [2.05, 4.69) is 28.8 Å². The Morgan fingerprint density at radius 2 is 1.88 bits per heavy atom. The van der Waals surface area contributed by atoms with Crippen molar-refractivity contribution in [1.29, 1.82) is 0 Å². The van der Waals surface area contributed by atoms with Gasteiger partial charge in [0.05, 0.1) is 11.3 Å². The molecule has 2 aromatic carbocycles. The second kappa shape index (κ2) is 6.92. The van der Waals surface area contributed by atoms with Gasteiger partial charge in [-0.25, -0.2) is 0 Å². The first-order valence-corrected chi connectivity index (χ1v) is 9.09. The summed E-state index contributed by atoms with van der Waals surface area (Å²) in [5, 5.41) is 6.31. The average Bonchev–Trinajstić information content (AvgIpc) is 3.42. The molecule has 0 spiro atoms. The van der Waals surface area contributed by atoms with Gasteiger partial charge in [-0.2, -0.15) is 0 Å². The van der Waals surface area contributed by atoms with E-state index < -0.39 is 0 Å². The highest BCUT2D eigenvalue weighted by Gasteiger charge is 2.33. The van der Waals surface area contributed by atoms with E-state index in [0.29, 0.717) is 17.8 Å². The zero-order valence-electron chi connectivity index (χ0n) is 14.9. The van der Waals surface area contributed by atoms with Crippen LogP contribution in [-0.4, -0.2) is 18.9 Å². The number of carbonyl (C=O) groups excluding carboxylic acids is 2. The van der Waals surface area contributed by atoms with E-state index in [1.807, 2.05) is 18.2 Å². The van der Waals surface area contributed by atoms with Crippen LogP contribution < -0.4 is 15.5 Å². The van der Waals surface area contributed by atoms with Crippen molar-refractivity contribution >= 4 is 17.5 Å². The summed E-state index contributed by atoms with van der Waals surface area (Å²) >= 11 is 0. The maximum atomic E-state index is 12.7. The van der Waals surface area contributed by atoms with Crippen LogP contribution in [-0.2, 0) is 24.4 Å². The van der Waals surface area contributed by atoms with Gasteiger partial charge in [0.25, 0.3) is 5.91 Å². The first-order valence-electron chi connectivity index (χ1n) is 9.09. The quantitative estimate of drug-likeness (QED) is 0.872. The number of para-hydroxylation sites is 1. The third kappa shape index (κ3) is 3.35. The van der Waals surface area contributed by atoms with E-state index in [1.165, 1.54) is 11.1 Å². The third-order valence-electron chi connectivity index (χ3n) is 5.12. The van der Waals surface area contributed by atoms with Crippen LogP contribution in [0.15, 0.2) is 42.5 Å². The molecule has 0 radical (unpaired) electrons. The Morgan fingerprint density at radius 3 is 2.69 bits per heavy atom. The van der Waals surface area contributed by atoms with Gasteiger partial charge in [-0.05, 0) is 41.7 Å². The van der Waals surface area contributed by atoms with Crippen LogP contribution in [0, 0.1) is 5.92 Å². The number of benzene rings is 2. The van der Waals surface area contributed by atoms with Crippen molar-refractivity contribution in [2.75, 3.05) is 11.9 Å². The fraction of sp³-hybridized carbons (Fsp3) is 0.333. The molecule has 0 saturated heterocycles. The van der Waals surface area contributed by atoms with E-state index in [1.54, 1.807) is 18.0 Å². The summed E-state index contributed by atoms with van der Waals surface area (Å²) in [4.78, 5) is 26.7. The molecule has 0 atom stereocenters. The molecule has 2 aromatic rings. The molecule has 26 heavy (non-hydrogen) atoms. The molecular formula is C21H23N3O2. The van der Waals surface area contributed by atoms with E-state index in [0.717, 1.165) is 31.5 Å². The molecule has 1 saturated carbocycles. The minimum atomic E-state index is -0.158. The monoisotopic (exact) mass is 349 g/mol. The lowest BCUT2D eigenvalue weighted by Gasteiger charge is -2.20. The van der Waals surface area contributed by atoms with Crippen LogP contribution in [0.4, 0.5) is 5.69 Å². The molecule has 134 valence electrons. The predicted molar refractivity (Wildman–Crippen MR) is 101 cm³/mol. The number of nitrogens with one attached hydrogen (secondary N) is 2. The normalized spacial score (nSPS) is 15.4. The summed E-state index contributed by atoms with van der Waals surface area (Å²) in [7, 11) is 1.75. The summed E-state index contributed by atoms with van der Waals surface area (Å²) in [5.41, 5.74) is 4.91. The number of rotatable bonds is 5. The molecule has 0 bridgehead atoms. The lowest BCUT2D eigenvalue weighted by molar-refractivity contribution is -0.119. The van der Waals surface area contributed by atoms with Crippen LogP contribution in [0.25, 0.3) is 0 Å². The second-order valence-electron chi connectivity index (χ2n) is 7.08. The fourth-order valence-electron chi connectivity index (χ4n) is 3.42. The molecule has 5 nitrogen and oxygen atoms in total. The van der Waals surface area contributed by atoms with Crippen LogP contribution in [0.1, 0.15) is 39.9 Å². The standard InChI is InChI=1S/C21H23N3O2/c1-24(21(26)15-8-9-15)19-5-3-2-4-18(19)20(25)23-11-14-6-7-16-12-22-13-17(16)10-14/h2-7,10,15,22H,8-9,11-13H2,1H3,(H,23,25). The van der Waals surface area contributed by atoms with E-state index in [9.17, 15) is 9.59 Å². The van der Waals surface area contributed by atoms with E-state index in [4.69, 9.17) is 0 Å². The van der Waals surface area contributed by atoms with Gasteiger partial charge in [-0.1, -0.05) is 30.3 Å². The van der Waals surface area contributed by atoms with Gasteiger partial charge < -0.3 is 15.5 Å². The lowest BCUT2D eigenvalue weighted by Crippen LogP contribution is -2.31. The number of nitrogens with zero attached hydrogens (tertiary/aromatic N) is 1. The molecule has 2 aliphatic rings. The van der Waals surface area contributed by atoms with Gasteiger partial charge in [0.15, 0.2) is 0 Å². The molecule has 0 aromatic heterocycles. The SMILES string of the molecule is CN(C(=O)C1CC1)c1ccccc1C(=O)NCc1ccc2c(c1)CNC2. The number of carbonyl (C=O) groups is 2. The molecular weight excluding hydrogens is 326 g/mol. The topological polar surface area (TPSA) is 61.4 Å². The third-order valence-corrected chi connectivity index (χ3v) is 5.12. The maximum absolute atomic E-state index is 12.7. The summed E-state index contributed by atoms with van der Waals surface area (Å²) in [5.74, 6) is 0.0576. The van der Waals surface area contributed by atoms with Gasteiger partial charge in [0.2, 0.25) is 5.91 Å². The number of amides is 2. The Bertz CT molecular complexity index is 858. The van der Waals surface area contributed by atoms with E-state index >= 15 is 0 Å². The van der Waals surface area contributed by atoms with Gasteiger partial charge in [0.1, 0.15) is 0 Å². The zero-order chi connectivity index (χ0) is 18.1. The van der Waals surface area contributed by atoms with Crippen molar-refractivity contribution in [1.82, 2.24) is 10.6 Å². The molecule has 0 unspecified atom stereocenters. The first kappa shape index (κ1) is 16.8. The van der Waals surface area contributed by atoms with Crippen molar-refractivity contribution in [2.24, 2.45) is 5.92 Å². The summed E-state index contributed by atoms with van der Waals surface area (Å²) < 4.78 is 0. The molecule has 1 aliphatic heterocycles. The highest BCUT2D eigenvalue weighted by atomic mass is 16.2. The van der Waals surface area contributed by atoms with Crippen LogP contribution in [0.5, 0.6) is 0 Å². The number of hydrogen-bond acceptors (Lipinski definition) is 3. The Balaban J connectivity index is 1.47. The van der Waals surface area contributed by atoms with E-state index in [-0.39, 0.29) is 17.7 Å². The van der Waals surface area contributed by atoms with Crippen molar-refractivity contribution in [2.45, 2.75) is 32.5 Å². The maximum Gasteiger partial charge on any atom is 0.253 e. The highest BCUT2D eigenvalue weighted by molar-refractivity contribution is 6.05. The Kier molecular flexibility index (Phi) is 4.47. The number of fused-ring (bicyclic) bond motifs is 1. The van der Waals surface area contributed by atoms with Gasteiger partial charge >= 0.3 is 0 Å². The second-order valence-corrected chi connectivity index (χ2v) is 7.08. The molecule has 4 rings (SSSR count). The van der Waals surface area contributed by atoms with Crippen LogP contribution >= 0.6 is 0 Å². The van der Waals surface area contributed by atoms with Gasteiger partial charge in [0, 0.05) is 32.6 Å². The minimum absolute atomic E-state index is 0.0939. The minimum Gasteiger partial charge on any atom is -0.348 e. The van der Waals surface area contributed by atoms with Crippen molar-refractivity contribution in [3.63, 3.8) is 0 Å². The fourth-order valence-corrected chi connectivity index (χ4v) is 3.42. The Morgan fingerprint density at radius 1 is 1.12 bits per heavy atom. The molecule has 5 heteroatoms. The van der Waals surface area contributed by atoms with Crippen molar-refractivity contribution < 1.29 is 9.59 Å². The zero-order valence-corrected chi connectivity index (χ0v) is 14.9. The Hall–Kier alpha value is -2.66. The highest BCUT2D eigenvalue weighted by Crippen LogP contribution is 2.33. The molecule has 1 heterocycles. The Labute approximate surface area is 153 Å². The first-order chi connectivity index (χ1) is 12.6. The summed E-state index contributed by atoms with van der Waals surface area (Å²) in [6.07, 6.45) is 1.90. The van der Waals surface area contributed by atoms with Crippen molar-refractivity contribution in [3.8, 4) is 0 Å². The number of hydrogen-bond donors (Lipinski definition) is 2. The number of anilines is 1. The summed E-state index contributed by atoms with van der Waals surface area (Å²) in [6.45, 7) is 2.27. The largest absolute Gasteiger partial charge is 0.348 e. The van der Waals surface area contributed by atoms with Crippen LogP contribution in [0.2, 0.25) is 0 Å². The lowest BCUT2D eigenvalue weighted by atomic mass is 10.1. The average molecular weight is 349 g/mol. The van der Waals surface area contributed by atoms with Gasteiger partial charge in [-0.15, -0.1) is 0 Å². The molecule has 2 N–H and O–H groups in total. The molecule has 1 fully saturated rings. The van der Waals surface area contributed by atoms with Gasteiger partial charge in [-0.3, -0.25) is 9.59 Å².